The van der Waals surface area contributed by atoms with Crippen LogP contribution in [0.2, 0.25) is 0 Å². The molecule has 0 bridgehead atoms. The number of imidazole rings is 1. The third kappa shape index (κ3) is 5.27. The Labute approximate surface area is 293 Å². The molecule has 50 heavy (non-hydrogen) atoms. The largest absolute Gasteiger partial charge is 0.299 e. The Morgan fingerprint density at radius 2 is 1.28 bits per heavy atom. The lowest BCUT2D eigenvalue weighted by Crippen LogP contribution is -1.95. The van der Waals surface area contributed by atoms with Crippen molar-refractivity contribution in [2.45, 2.75) is 13.3 Å². The normalized spacial score (nSPS) is 14.7. The Hall–Kier alpha value is -6.25. The van der Waals surface area contributed by atoms with Crippen LogP contribution in [0.5, 0.6) is 0 Å². The molecule has 1 aliphatic rings. The average molecular weight is 641 g/mol. The van der Waals surface area contributed by atoms with Crippen LogP contribution in [0.25, 0.3) is 77.5 Å². The molecule has 2 aromatic heterocycles. The second-order valence-corrected chi connectivity index (χ2v) is 13.4. The highest BCUT2D eigenvalue weighted by atomic mass is 15.0. The first-order valence-electron chi connectivity index (χ1n) is 17.4. The quantitative estimate of drug-likeness (QED) is 0.135. The highest BCUT2D eigenvalue weighted by Gasteiger charge is 2.18. The summed E-state index contributed by atoms with van der Waals surface area (Å²) in [5, 5.41) is 5.05. The SMILES string of the molecule is C=C1CC(c2cc(-c3cccc(-c4nc5ccccn5c4-c4ccccc4)c3)cc(-c3cc4ccccc4c4ccccc34)c2)=CC=CC1C. The number of aromatic nitrogens is 2. The highest BCUT2D eigenvalue weighted by molar-refractivity contribution is 6.14. The van der Waals surface area contributed by atoms with Gasteiger partial charge in [-0.05, 0) is 110 Å². The van der Waals surface area contributed by atoms with Gasteiger partial charge in [-0.2, -0.15) is 0 Å². The monoisotopic (exact) mass is 640 g/mol. The van der Waals surface area contributed by atoms with Gasteiger partial charge in [0.05, 0.1) is 11.4 Å². The van der Waals surface area contributed by atoms with Gasteiger partial charge in [0.15, 0.2) is 0 Å². The third-order valence-corrected chi connectivity index (χ3v) is 10.2. The molecule has 0 radical (unpaired) electrons. The zero-order valence-electron chi connectivity index (χ0n) is 28.1. The van der Waals surface area contributed by atoms with Gasteiger partial charge in [-0.1, -0.05) is 140 Å². The molecule has 0 spiro atoms. The van der Waals surface area contributed by atoms with Gasteiger partial charge in [-0.25, -0.2) is 4.98 Å². The summed E-state index contributed by atoms with van der Waals surface area (Å²) in [6, 6.07) is 52.6. The second kappa shape index (κ2) is 12.3. The van der Waals surface area contributed by atoms with Crippen molar-refractivity contribution in [1.82, 2.24) is 9.38 Å². The van der Waals surface area contributed by atoms with Crippen molar-refractivity contribution >= 4 is 32.8 Å². The molecule has 0 saturated carbocycles. The van der Waals surface area contributed by atoms with E-state index >= 15 is 0 Å². The second-order valence-electron chi connectivity index (χ2n) is 13.4. The molecule has 238 valence electrons. The third-order valence-electron chi connectivity index (χ3n) is 10.2. The minimum Gasteiger partial charge on any atom is -0.299 e. The summed E-state index contributed by atoms with van der Waals surface area (Å²) in [5.74, 6) is 0.344. The van der Waals surface area contributed by atoms with Crippen molar-refractivity contribution in [3.8, 4) is 44.8 Å². The van der Waals surface area contributed by atoms with Crippen LogP contribution in [0.1, 0.15) is 18.9 Å². The molecule has 0 amide bonds. The van der Waals surface area contributed by atoms with Gasteiger partial charge in [-0.15, -0.1) is 0 Å². The molecular weight excluding hydrogens is 605 g/mol. The topological polar surface area (TPSA) is 17.3 Å². The maximum absolute atomic E-state index is 5.18. The summed E-state index contributed by atoms with van der Waals surface area (Å²) in [6.45, 7) is 6.69. The van der Waals surface area contributed by atoms with Crippen LogP contribution in [-0.2, 0) is 0 Å². The van der Waals surface area contributed by atoms with Crippen molar-refractivity contribution in [3.63, 3.8) is 0 Å². The Kier molecular flexibility index (Phi) is 7.36. The fraction of sp³-hybridized carbons (Fsp3) is 0.0625. The zero-order valence-corrected chi connectivity index (χ0v) is 28.1. The molecule has 2 nitrogen and oxygen atoms in total. The minimum absolute atomic E-state index is 0.344. The molecule has 1 aliphatic carbocycles. The van der Waals surface area contributed by atoms with E-state index in [0.717, 1.165) is 40.1 Å². The van der Waals surface area contributed by atoms with Gasteiger partial charge in [0, 0.05) is 17.3 Å². The molecule has 1 unspecified atom stereocenters. The van der Waals surface area contributed by atoms with Crippen LogP contribution in [0, 0.1) is 5.92 Å². The van der Waals surface area contributed by atoms with Gasteiger partial charge < -0.3 is 0 Å². The summed E-state index contributed by atoms with van der Waals surface area (Å²) in [4.78, 5) is 5.18. The zero-order chi connectivity index (χ0) is 33.6. The van der Waals surface area contributed by atoms with E-state index in [4.69, 9.17) is 4.98 Å². The van der Waals surface area contributed by atoms with Crippen molar-refractivity contribution in [3.05, 3.63) is 188 Å². The van der Waals surface area contributed by atoms with Gasteiger partial charge in [-0.3, -0.25) is 4.40 Å². The van der Waals surface area contributed by atoms with Gasteiger partial charge in [0.25, 0.3) is 0 Å². The fourth-order valence-corrected chi connectivity index (χ4v) is 7.48. The van der Waals surface area contributed by atoms with Crippen molar-refractivity contribution in [1.29, 1.82) is 0 Å². The number of rotatable bonds is 5. The Morgan fingerprint density at radius 3 is 2.16 bits per heavy atom. The maximum Gasteiger partial charge on any atom is 0.137 e. The molecule has 1 atom stereocenters. The molecule has 0 N–H and O–H groups in total. The lowest BCUT2D eigenvalue weighted by atomic mass is 9.87. The van der Waals surface area contributed by atoms with Gasteiger partial charge >= 0.3 is 0 Å². The lowest BCUT2D eigenvalue weighted by Gasteiger charge is -2.17. The van der Waals surface area contributed by atoms with Crippen LogP contribution >= 0.6 is 0 Å². The predicted octanol–water partition coefficient (Wildman–Crippen LogP) is 12.8. The number of hydrogen-bond acceptors (Lipinski definition) is 1. The highest BCUT2D eigenvalue weighted by Crippen LogP contribution is 2.41. The molecule has 8 aromatic rings. The summed E-state index contributed by atoms with van der Waals surface area (Å²) in [6.07, 6.45) is 9.67. The van der Waals surface area contributed by atoms with Crippen LogP contribution < -0.4 is 0 Å². The van der Waals surface area contributed by atoms with E-state index in [2.05, 4.69) is 182 Å². The van der Waals surface area contributed by atoms with Crippen LogP contribution in [0.15, 0.2) is 182 Å². The van der Waals surface area contributed by atoms with E-state index in [1.54, 1.807) is 0 Å². The van der Waals surface area contributed by atoms with E-state index in [1.165, 1.54) is 54.9 Å². The standard InChI is InChI=1S/C48H36N2/c1-32-14-12-18-35(26-33(32)2)39-28-40(30-41(29-39)45-31-37-17-6-7-21-42(37)43-22-8-9-23-44(43)45)36-19-13-20-38(27-36)47-48(34-15-4-3-5-16-34)50-25-11-10-24-46(50)49-47/h3-25,27-32H,2,26H2,1H3. The van der Waals surface area contributed by atoms with E-state index in [-0.39, 0.29) is 0 Å². The molecule has 9 rings (SSSR count). The molecular formula is C48H36N2. The van der Waals surface area contributed by atoms with Crippen LogP contribution in [-0.4, -0.2) is 9.38 Å². The first-order valence-corrected chi connectivity index (χ1v) is 17.4. The van der Waals surface area contributed by atoms with Crippen LogP contribution in [0.3, 0.4) is 0 Å². The summed E-state index contributed by atoms with van der Waals surface area (Å²) >= 11 is 0. The van der Waals surface area contributed by atoms with E-state index in [9.17, 15) is 0 Å². The molecule has 6 aromatic carbocycles. The number of hydrogen-bond donors (Lipinski definition) is 0. The first-order chi connectivity index (χ1) is 24.6. The van der Waals surface area contributed by atoms with E-state index < -0.39 is 0 Å². The summed E-state index contributed by atoms with van der Waals surface area (Å²) in [5.41, 5.74) is 13.7. The molecule has 0 saturated heterocycles. The van der Waals surface area contributed by atoms with Gasteiger partial charge in [0.2, 0.25) is 0 Å². The van der Waals surface area contributed by atoms with Gasteiger partial charge in [0.1, 0.15) is 5.65 Å². The predicted molar refractivity (Wildman–Crippen MR) is 212 cm³/mol. The van der Waals surface area contributed by atoms with Crippen molar-refractivity contribution in [2.24, 2.45) is 5.92 Å². The number of pyridine rings is 1. The lowest BCUT2D eigenvalue weighted by molar-refractivity contribution is 0.847. The average Bonchev–Trinajstić information content (AvgIpc) is 3.48. The summed E-state index contributed by atoms with van der Waals surface area (Å²) in [7, 11) is 0. The molecule has 2 heterocycles. The minimum atomic E-state index is 0.344. The van der Waals surface area contributed by atoms with Crippen LogP contribution in [0.4, 0.5) is 0 Å². The number of fused-ring (bicyclic) bond motifs is 4. The molecule has 2 heteroatoms. The number of benzene rings is 6. The molecule has 0 fully saturated rings. The summed E-state index contributed by atoms with van der Waals surface area (Å²) < 4.78 is 2.20. The molecule has 0 aliphatic heterocycles. The number of allylic oxidation sites excluding steroid dienone is 5. The smallest absolute Gasteiger partial charge is 0.137 e. The maximum atomic E-state index is 5.18. The van der Waals surface area contributed by atoms with E-state index in [0.29, 0.717) is 5.92 Å². The van der Waals surface area contributed by atoms with Crippen molar-refractivity contribution in [2.75, 3.05) is 0 Å². The van der Waals surface area contributed by atoms with Crippen molar-refractivity contribution < 1.29 is 0 Å². The Balaban J connectivity index is 1.26. The first kappa shape index (κ1) is 29.9. The van der Waals surface area contributed by atoms with E-state index in [1.807, 2.05) is 6.07 Å². The fourth-order valence-electron chi connectivity index (χ4n) is 7.48. The Bertz CT molecular complexity index is 2650. The number of nitrogens with zero attached hydrogens (tertiary/aromatic N) is 2. The Morgan fingerprint density at radius 1 is 0.600 bits per heavy atom.